The average Bonchev–Trinajstić information content (AvgIpc) is 2.21. The highest BCUT2D eigenvalue weighted by Gasteiger charge is 2.12. The van der Waals surface area contributed by atoms with Crippen LogP contribution in [-0.2, 0) is 6.42 Å². The summed E-state index contributed by atoms with van der Waals surface area (Å²) < 4.78 is 14.4. The summed E-state index contributed by atoms with van der Waals surface area (Å²) in [5.41, 5.74) is 3.44. The highest BCUT2D eigenvalue weighted by atomic mass is 79.9. The van der Waals surface area contributed by atoms with Gasteiger partial charge in [0.05, 0.1) is 0 Å². The molecule has 3 N–H and O–H groups in total. The van der Waals surface area contributed by atoms with Gasteiger partial charge in [-0.3, -0.25) is 11.3 Å². The van der Waals surface area contributed by atoms with Crippen molar-refractivity contribution in [2.75, 3.05) is 0 Å². The minimum atomic E-state index is -0.174. The lowest BCUT2D eigenvalue weighted by atomic mass is 9.97. The highest BCUT2D eigenvalue weighted by molar-refractivity contribution is 9.10. The molecular formula is C12H18BrFN2. The topological polar surface area (TPSA) is 38.0 Å². The number of hydrogen-bond acceptors (Lipinski definition) is 2. The number of benzene rings is 1. The van der Waals surface area contributed by atoms with Crippen LogP contribution in [-0.4, -0.2) is 6.04 Å². The van der Waals surface area contributed by atoms with Crippen LogP contribution >= 0.6 is 15.9 Å². The van der Waals surface area contributed by atoms with Crippen molar-refractivity contribution in [2.45, 2.75) is 32.7 Å². The molecule has 16 heavy (non-hydrogen) atoms. The van der Waals surface area contributed by atoms with Crippen LogP contribution in [0.25, 0.3) is 0 Å². The standard InChI is InChI=1S/C12H18BrFN2/c1-8(2)5-11(16-15)7-9-6-10(13)3-4-12(9)14/h3-4,6,8,11,16H,5,7,15H2,1-2H3. The first kappa shape index (κ1) is 13.6. The number of hydrazine groups is 1. The lowest BCUT2D eigenvalue weighted by molar-refractivity contribution is 0.418. The maximum absolute atomic E-state index is 13.5. The van der Waals surface area contributed by atoms with E-state index < -0.39 is 0 Å². The van der Waals surface area contributed by atoms with Gasteiger partial charge in [-0.05, 0) is 42.5 Å². The Balaban J connectivity index is 2.73. The molecule has 0 amide bonds. The minimum Gasteiger partial charge on any atom is -0.271 e. The lowest BCUT2D eigenvalue weighted by Crippen LogP contribution is -2.37. The van der Waals surface area contributed by atoms with E-state index >= 15 is 0 Å². The van der Waals surface area contributed by atoms with E-state index in [1.165, 1.54) is 6.07 Å². The van der Waals surface area contributed by atoms with Crippen LogP contribution in [0, 0.1) is 11.7 Å². The average molecular weight is 289 g/mol. The van der Waals surface area contributed by atoms with E-state index in [4.69, 9.17) is 5.84 Å². The zero-order valence-corrected chi connectivity index (χ0v) is 11.2. The van der Waals surface area contributed by atoms with Crippen LogP contribution in [0.2, 0.25) is 0 Å². The number of halogens is 2. The molecule has 0 spiro atoms. The Morgan fingerprint density at radius 2 is 2.12 bits per heavy atom. The molecule has 0 heterocycles. The van der Waals surface area contributed by atoms with Crippen LogP contribution in [0.3, 0.4) is 0 Å². The second-order valence-electron chi connectivity index (χ2n) is 4.43. The van der Waals surface area contributed by atoms with Gasteiger partial charge in [-0.2, -0.15) is 0 Å². The van der Waals surface area contributed by atoms with E-state index in [9.17, 15) is 4.39 Å². The fourth-order valence-corrected chi connectivity index (χ4v) is 2.15. The summed E-state index contributed by atoms with van der Waals surface area (Å²) in [5, 5.41) is 0. The lowest BCUT2D eigenvalue weighted by Gasteiger charge is -2.18. The SMILES string of the molecule is CC(C)CC(Cc1cc(Br)ccc1F)NN. The van der Waals surface area contributed by atoms with Gasteiger partial charge in [0.1, 0.15) is 5.82 Å². The van der Waals surface area contributed by atoms with Crippen molar-refractivity contribution >= 4 is 15.9 Å². The summed E-state index contributed by atoms with van der Waals surface area (Å²) in [6.45, 7) is 4.25. The van der Waals surface area contributed by atoms with Crippen LogP contribution in [0.15, 0.2) is 22.7 Å². The van der Waals surface area contributed by atoms with E-state index in [0.717, 1.165) is 10.9 Å². The molecule has 4 heteroatoms. The van der Waals surface area contributed by atoms with Gasteiger partial charge in [-0.25, -0.2) is 4.39 Å². The molecule has 1 atom stereocenters. The summed E-state index contributed by atoms with van der Waals surface area (Å²) in [7, 11) is 0. The molecule has 0 aromatic heterocycles. The molecule has 0 saturated heterocycles. The van der Waals surface area contributed by atoms with Gasteiger partial charge in [0.25, 0.3) is 0 Å². The summed E-state index contributed by atoms with van der Waals surface area (Å²) in [6.07, 6.45) is 1.54. The van der Waals surface area contributed by atoms with Crippen LogP contribution in [0.5, 0.6) is 0 Å². The largest absolute Gasteiger partial charge is 0.271 e. The summed E-state index contributed by atoms with van der Waals surface area (Å²) in [5.74, 6) is 5.84. The van der Waals surface area contributed by atoms with E-state index in [0.29, 0.717) is 17.9 Å². The van der Waals surface area contributed by atoms with E-state index in [-0.39, 0.29) is 11.9 Å². The molecule has 90 valence electrons. The first-order valence-electron chi connectivity index (χ1n) is 5.43. The van der Waals surface area contributed by atoms with Gasteiger partial charge in [-0.1, -0.05) is 29.8 Å². The number of nitrogens with two attached hydrogens (primary N) is 1. The third-order valence-electron chi connectivity index (χ3n) is 2.47. The first-order chi connectivity index (χ1) is 7.52. The number of hydrogen-bond donors (Lipinski definition) is 2. The highest BCUT2D eigenvalue weighted by Crippen LogP contribution is 2.18. The van der Waals surface area contributed by atoms with Crippen LogP contribution < -0.4 is 11.3 Å². The number of nitrogens with one attached hydrogen (secondary N) is 1. The Kier molecular flexibility index (Phi) is 5.38. The van der Waals surface area contributed by atoms with Crippen molar-refractivity contribution < 1.29 is 4.39 Å². The normalized spacial score (nSPS) is 13.1. The summed E-state index contributed by atoms with van der Waals surface area (Å²) >= 11 is 3.34. The smallest absolute Gasteiger partial charge is 0.126 e. The fourth-order valence-electron chi connectivity index (χ4n) is 1.74. The van der Waals surface area contributed by atoms with E-state index in [1.54, 1.807) is 12.1 Å². The predicted molar refractivity (Wildman–Crippen MR) is 68.4 cm³/mol. The van der Waals surface area contributed by atoms with Crippen LogP contribution in [0.4, 0.5) is 4.39 Å². The quantitative estimate of drug-likeness (QED) is 0.646. The molecule has 1 unspecified atom stereocenters. The van der Waals surface area contributed by atoms with Crippen molar-refractivity contribution in [2.24, 2.45) is 11.8 Å². The molecule has 0 bridgehead atoms. The van der Waals surface area contributed by atoms with Crippen molar-refractivity contribution in [3.05, 3.63) is 34.1 Å². The molecule has 1 aromatic rings. The molecule has 0 radical (unpaired) electrons. The van der Waals surface area contributed by atoms with Gasteiger partial charge in [0, 0.05) is 10.5 Å². The summed E-state index contributed by atoms with van der Waals surface area (Å²) in [4.78, 5) is 0. The van der Waals surface area contributed by atoms with E-state index in [1.807, 2.05) is 0 Å². The maximum atomic E-state index is 13.5. The van der Waals surface area contributed by atoms with Gasteiger partial charge in [-0.15, -0.1) is 0 Å². The Labute approximate surface area is 105 Å². The molecule has 0 aliphatic carbocycles. The first-order valence-corrected chi connectivity index (χ1v) is 6.22. The third kappa shape index (κ3) is 4.20. The van der Waals surface area contributed by atoms with E-state index in [2.05, 4.69) is 35.2 Å². The molecular weight excluding hydrogens is 271 g/mol. The van der Waals surface area contributed by atoms with Gasteiger partial charge < -0.3 is 0 Å². The Hall–Kier alpha value is -0.450. The molecule has 0 saturated carbocycles. The molecule has 1 rings (SSSR count). The van der Waals surface area contributed by atoms with Crippen LogP contribution in [0.1, 0.15) is 25.8 Å². The number of rotatable bonds is 5. The predicted octanol–water partition coefficient (Wildman–Crippen LogP) is 3.01. The zero-order chi connectivity index (χ0) is 12.1. The van der Waals surface area contributed by atoms with Crippen molar-refractivity contribution in [1.82, 2.24) is 5.43 Å². The second kappa shape index (κ2) is 6.33. The minimum absolute atomic E-state index is 0.115. The molecule has 0 fully saturated rings. The van der Waals surface area contributed by atoms with Crippen molar-refractivity contribution in [3.8, 4) is 0 Å². The fraction of sp³-hybridized carbons (Fsp3) is 0.500. The molecule has 0 aliphatic heterocycles. The zero-order valence-electron chi connectivity index (χ0n) is 9.63. The monoisotopic (exact) mass is 288 g/mol. The Morgan fingerprint density at radius 1 is 1.44 bits per heavy atom. The molecule has 1 aromatic carbocycles. The van der Waals surface area contributed by atoms with Gasteiger partial charge in [0.2, 0.25) is 0 Å². The third-order valence-corrected chi connectivity index (χ3v) is 2.96. The van der Waals surface area contributed by atoms with Gasteiger partial charge in [0.15, 0.2) is 0 Å². The van der Waals surface area contributed by atoms with Gasteiger partial charge >= 0.3 is 0 Å². The molecule has 0 aliphatic rings. The Morgan fingerprint density at radius 3 is 2.69 bits per heavy atom. The van der Waals surface area contributed by atoms with Crippen molar-refractivity contribution in [1.29, 1.82) is 0 Å². The van der Waals surface area contributed by atoms with Crippen molar-refractivity contribution in [3.63, 3.8) is 0 Å². The maximum Gasteiger partial charge on any atom is 0.126 e. The Bertz CT molecular complexity index is 342. The molecule has 2 nitrogen and oxygen atoms in total. The second-order valence-corrected chi connectivity index (χ2v) is 5.35. The summed E-state index contributed by atoms with van der Waals surface area (Å²) in [6, 6.07) is 5.10.